The maximum atomic E-state index is 6.28. The Hall–Kier alpha value is -1.64. The zero-order chi connectivity index (χ0) is 13.7. The van der Waals surface area contributed by atoms with E-state index in [9.17, 15) is 0 Å². The largest absolute Gasteiger partial charge is 0.310 e. The fourth-order valence-electron chi connectivity index (χ4n) is 2.49. The van der Waals surface area contributed by atoms with Crippen LogP contribution in [0.2, 0.25) is 0 Å². The normalized spacial score (nSPS) is 11.5. The van der Waals surface area contributed by atoms with Crippen molar-refractivity contribution < 1.29 is 0 Å². The highest BCUT2D eigenvalue weighted by atomic mass is 15.0. The number of nitrogens with two attached hydrogens (primary N) is 2. The molecule has 0 bridgehead atoms. The van der Waals surface area contributed by atoms with E-state index >= 15 is 0 Å². The molecule has 2 heteroatoms. The molecule has 0 atom stereocenters. The quantitative estimate of drug-likeness (QED) is 0.805. The maximum Gasteiger partial charge on any atom is 0.0902 e. The summed E-state index contributed by atoms with van der Waals surface area (Å²) < 4.78 is 0. The minimum absolute atomic E-state index is 0.736. The van der Waals surface area contributed by atoms with Gasteiger partial charge in [-0.25, -0.2) is 0 Å². The van der Waals surface area contributed by atoms with Crippen molar-refractivity contribution in [1.29, 1.82) is 0 Å². The van der Waals surface area contributed by atoms with E-state index < -0.39 is 5.66 Å². The Morgan fingerprint density at radius 3 is 2.21 bits per heavy atom. The lowest BCUT2D eigenvalue weighted by molar-refractivity contribution is 0.418. The molecule has 0 saturated heterocycles. The third kappa shape index (κ3) is 3.43. The fraction of sp³-hybridized carbons (Fsp3) is 0.294. The van der Waals surface area contributed by atoms with Crippen molar-refractivity contribution in [2.75, 3.05) is 0 Å². The van der Waals surface area contributed by atoms with Gasteiger partial charge in [-0.3, -0.25) is 0 Å². The van der Waals surface area contributed by atoms with E-state index in [4.69, 9.17) is 11.5 Å². The SMILES string of the molecule is CCCC(N)(N)c1ccccc1Cc1ccccc1. The van der Waals surface area contributed by atoms with Gasteiger partial charge in [0.2, 0.25) is 0 Å². The predicted molar refractivity (Wildman–Crippen MR) is 80.7 cm³/mol. The average Bonchev–Trinajstić information content (AvgIpc) is 2.40. The van der Waals surface area contributed by atoms with Gasteiger partial charge in [0.25, 0.3) is 0 Å². The summed E-state index contributed by atoms with van der Waals surface area (Å²) in [5.74, 6) is 0. The highest BCUT2D eigenvalue weighted by Crippen LogP contribution is 2.24. The summed E-state index contributed by atoms with van der Waals surface area (Å²) in [6, 6.07) is 18.6. The van der Waals surface area contributed by atoms with Gasteiger partial charge in [-0.2, -0.15) is 0 Å². The van der Waals surface area contributed by atoms with Gasteiger partial charge in [0.05, 0.1) is 5.66 Å². The Labute approximate surface area is 115 Å². The van der Waals surface area contributed by atoms with Crippen molar-refractivity contribution in [1.82, 2.24) is 0 Å². The Balaban J connectivity index is 2.31. The number of rotatable bonds is 5. The number of benzene rings is 2. The first kappa shape index (κ1) is 13.8. The first-order valence-electron chi connectivity index (χ1n) is 6.83. The Bertz CT molecular complexity index is 518. The standard InChI is InChI=1S/C17H22N2/c1-2-12-17(18,19)16-11-7-6-10-15(16)13-14-8-4-3-5-9-14/h3-11H,2,12-13,18-19H2,1H3. The van der Waals surface area contributed by atoms with Gasteiger partial charge in [-0.15, -0.1) is 0 Å². The third-order valence-corrected chi connectivity index (χ3v) is 3.42. The molecule has 0 aliphatic carbocycles. The second kappa shape index (κ2) is 6.00. The lowest BCUT2D eigenvalue weighted by Gasteiger charge is -2.27. The number of hydrogen-bond donors (Lipinski definition) is 2. The molecule has 0 amide bonds. The molecule has 100 valence electrons. The molecule has 0 saturated carbocycles. The van der Waals surface area contributed by atoms with Crippen molar-refractivity contribution in [3.63, 3.8) is 0 Å². The van der Waals surface area contributed by atoms with Crippen LogP contribution < -0.4 is 11.5 Å². The smallest absolute Gasteiger partial charge is 0.0902 e. The molecule has 0 unspecified atom stereocenters. The minimum atomic E-state index is -0.736. The van der Waals surface area contributed by atoms with E-state index in [-0.39, 0.29) is 0 Å². The van der Waals surface area contributed by atoms with Crippen LogP contribution in [0.3, 0.4) is 0 Å². The zero-order valence-corrected chi connectivity index (χ0v) is 11.5. The highest BCUT2D eigenvalue weighted by molar-refractivity contribution is 5.36. The molecule has 0 fully saturated rings. The lowest BCUT2D eigenvalue weighted by atomic mass is 9.89. The molecular weight excluding hydrogens is 232 g/mol. The molecule has 0 heterocycles. The van der Waals surface area contributed by atoms with Crippen LogP contribution in [0.15, 0.2) is 54.6 Å². The van der Waals surface area contributed by atoms with E-state index in [1.54, 1.807) is 0 Å². The van der Waals surface area contributed by atoms with E-state index in [0.29, 0.717) is 0 Å². The Morgan fingerprint density at radius 2 is 1.53 bits per heavy atom. The van der Waals surface area contributed by atoms with Crippen LogP contribution in [-0.4, -0.2) is 0 Å². The summed E-state index contributed by atoms with van der Waals surface area (Å²) in [5, 5.41) is 0. The van der Waals surface area contributed by atoms with E-state index in [1.165, 1.54) is 11.1 Å². The Morgan fingerprint density at radius 1 is 0.895 bits per heavy atom. The molecule has 2 aromatic rings. The molecule has 2 aromatic carbocycles. The second-order valence-electron chi connectivity index (χ2n) is 5.11. The molecule has 2 rings (SSSR count). The number of hydrogen-bond acceptors (Lipinski definition) is 2. The average molecular weight is 254 g/mol. The molecule has 0 aromatic heterocycles. The van der Waals surface area contributed by atoms with Crippen LogP contribution >= 0.6 is 0 Å². The molecular formula is C17H22N2. The maximum absolute atomic E-state index is 6.28. The van der Waals surface area contributed by atoms with Gasteiger partial charge in [0, 0.05) is 0 Å². The van der Waals surface area contributed by atoms with E-state index in [1.807, 2.05) is 24.3 Å². The lowest BCUT2D eigenvalue weighted by Crippen LogP contribution is -2.46. The van der Waals surface area contributed by atoms with Crippen LogP contribution in [-0.2, 0) is 12.1 Å². The van der Waals surface area contributed by atoms with Gasteiger partial charge in [-0.05, 0) is 29.5 Å². The first-order valence-corrected chi connectivity index (χ1v) is 6.83. The topological polar surface area (TPSA) is 52.0 Å². The van der Waals surface area contributed by atoms with Crippen LogP contribution in [0, 0.1) is 0 Å². The first-order chi connectivity index (χ1) is 9.13. The van der Waals surface area contributed by atoms with Crippen LogP contribution in [0.1, 0.15) is 36.5 Å². The molecule has 4 N–H and O–H groups in total. The van der Waals surface area contributed by atoms with Crippen LogP contribution in [0.4, 0.5) is 0 Å². The van der Waals surface area contributed by atoms with Gasteiger partial charge < -0.3 is 11.5 Å². The Kier molecular flexibility index (Phi) is 4.35. The molecule has 0 spiro atoms. The van der Waals surface area contributed by atoms with Gasteiger partial charge >= 0.3 is 0 Å². The van der Waals surface area contributed by atoms with Gasteiger partial charge in [0.15, 0.2) is 0 Å². The third-order valence-electron chi connectivity index (χ3n) is 3.42. The zero-order valence-electron chi connectivity index (χ0n) is 11.5. The summed E-state index contributed by atoms with van der Waals surface area (Å²) in [5.41, 5.74) is 15.4. The van der Waals surface area contributed by atoms with Crippen molar-refractivity contribution in [3.05, 3.63) is 71.3 Å². The van der Waals surface area contributed by atoms with E-state index in [2.05, 4.69) is 37.3 Å². The van der Waals surface area contributed by atoms with Crippen LogP contribution in [0.25, 0.3) is 0 Å². The summed E-state index contributed by atoms with van der Waals surface area (Å²) in [6.07, 6.45) is 2.64. The van der Waals surface area contributed by atoms with Crippen molar-refractivity contribution in [3.8, 4) is 0 Å². The monoisotopic (exact) mass is 254 g/mol. The molecule has 0 aliphatic rings. The van der Waals surface area contributed by atoms with Crippen molar-refractivity contribution >= 4 is 0 Å². The molecule has 0 aliphatic heterocycles. The van der Waals surface area contributed by atoms with Gasteiger partial charge in [-0.1, -0.05) is 67.9 Å². The summed E-state index contributed by atoms with van der Waals surface area (Å²) in [4.78, 5) is 0. The summed E-state index contributed by atoms with van der Waals surface area (Å²) in [7, 11) is 0. The fourth-order valence-corrected chi connectivity index (χ4v) is 2.49. The van der Waals surface area contributed by atoms with Crippen LogP contribution in [0.5, 0.6) is 0 Å². The predicted octanol–water partition coefficient (Wildman–Crippen LogP) is 3.15. The molecule has 0 radical (unpaired) electrons. The molecule has 19 heavy (non-hydrogen) atoms. The van der Waals surface area contributed by atoms with Gasteiger partial charge in [0.1, 0.15) is 0 Å². The molecule has 2 nitrogen and oxygen atoms in total. The van der Waals surface area contributed by atoms with Crippen molar-refractivity contribution in [2.45, 2.75) is 31.8 Å². The minimum Gasteiger partial charge on any atom is -0.310 e. The highest BCUT2D eigenvalue weighted by Gasteiger charge is 2.23. The summed E-state index contributed by atoms with van der Waals surface area (Å²) >= 11 is 0. The van der Waals surface area contributed by atoms with Crippen molar-refractivity contribution in [2.24, 2.45) is 11.5 Å². The second-order valence-corrected chi connectivity index (χ2v) is 5.11. The summed E-state index contributed by atoms with van der Waals surface area (Å²) in [6.45, 7) is 2.11. The van der Waals surface area contributed by atoms with E-state index in [0.717, 1.165) is 24.8 Å².